The molecule has 0 bridgehead atoms. The molecule has 10 heteroatoms. The average Bonchev–Trinajstić information content (AvgIpc) is 2.83. The van der Waals surface area contributed by atoms with Crippen molar-refractivity contribution in [1.82, 2.24) is 9.97 Å². The van der Waals surface area contributed by atoms with E-state index in [4.69, 9.17) is 14.3 Å². The third-order valence-corrected chi connectivity index (χ3v) is 5.26. The van der Waals surface area contributed by atoms with Gasteiger partial charge in [-0.1, -0.05) is 11.8 Å². The second-order valence-electron chi connectivity index (χ2n) is 7.00. The van der Waals surface area contributed by atoms with Gasteiger partial charge in [0.2, 0.25) is 5.95 Å². The van der Waals surface area contributed by atoms with Crippen LogP contribution in [0.25, 0.3) is 0 Å². The van der Waals surface area contributed by atoms with Crippen LogP contribution in [0.1, 0.15) is 18.1 Å². The van der Waals surface area contributed by atoms with Crippen molar-refractivity contribution >= 4 is 28.0 Å². The number of aromatic nitrogens is 2. The van der Waals surface area contributed by atoms with Crippen LogP contribution >= 0.6 is 0 Å². The van der Waals surface area contributed by atoms with Crippen molar-refractivity contribution in [2.24, 2.45) is 0 Å². The Labute approximate surface area is 194 Å². The van der Waals surface area contributed by atoms with Gasteiger partial charge in [0.15, 0.2) is 0 Å². The highest BCUT2D eigenvalue weighted by Crippen LogP contribution is 2.23. The molecule has 1 unspecified atom stereocenters. The number of aliphatic hydroxyl groups excluding tert-OH is 1. The van der Waals surface area contributed by atoms with Crippen molar-refractivity contribution in [3.05, 3.63) is 59.8 Å². The maximum Gasteiger partial charge on any atom is 0.229 e. The standard InChI is InChI=1S/C23H25N5O4S/c1-15(14-29)26-22-17(5-4-16-10-19(31-2)12-20(11-16)32-3)13-25-23(28-22)27-18-6-8-21(9-7-18)33(24)30/h6-13,15,24,29,33H,14H2,1-3H3,(H2,25,26,27,28)/t15-/m1/s1. The fourth-order valence-corrected chi connectivity index (χ4v) is 3.17. The van der Waals surface area contributed by atoms with Crippen LogP contribution in [-0.4, -0.2) is 46.2 Å². The van der Waals surface area contributed by atoms with E-state index in [0.29, 0.717) is 45.0 Å². The van der Waals surface area contributed by atoms with Gasteiger partial charge in [0, 0.05) is 28.3 Å². The molecule has 1 aromatic heterocycles. The van der Waals surface area contributed by atoms with Crippen LogP contribution in [0.2, 0.25) is 0 Å². The molecule has 9 nitrogen and oxygen atoms in total. The van der Waals surface area contributed by atoms with Gasteiger partial charge in [0.05, 0.1) is 43.2 Å². The minimum atomic E-state index is -2.14. The summed E-state index contributed by atoms with van der Waals surface area (Å²) in [5, 5.41) is 15.7. The lowest BCUT2D eigenvalue weighted by atomic mass is 10.2. The van der Waals surface area contributed by atoms with E-state index >= 15 is 0 Å². The molecule has 172 valence electrons. The zero-order valence-electron chi connectivity index (χ0n) is 18.4. The molecule has 33 heavy (non-hydrogen) atoms. The Morgan fingerprint density at radius 3 is 2.36 bits per heavy atom. The predicted molar refractivity (Wildman–Crippen MR) is 128 cm³/mol. The zero-order valence-corrected chi connectivity index (χ0v) is 19.3. The molecule has 0 aliphatic rings. The Hall–Kier alpha value is -3.81. The van der Waals surface area contributed by atoms with Crippen molar-refractivity contribution in [3.63, 3.8) is 0 Å². The SMILES string of the molecule is COc1cc(C#Cc2cnc(Nc3ccc([SH](=N)=O)cc3)nc2N[C@H](C)CO)cc(OC)c1. The highest BCUT2D eigenvalue weighted by Gasteiger charge is 2.10. The Balaban J connectivity index is 1.91. The summed E-state index contributed by atoms with van der Waals surface area (Å²) in [7, 11) is 1.00. The molecule has 0 aliphatic carbocycles. The number of thiol groups is 1. The van der Waals surface area contributed by atoms with Crippen LogP contribution in [0.15, 0.2) is 53.6 Å². The average molecular weight is 468 g/mol. The summed E-state index contributed by atoms with van der Waals surface area (Å²) in [5.74, 6) is 8.16. The lowest BCUT2D eigenvalue weighted by molar-refractivity contribution is 0.281. The lowest BCUT2D eigenvalue weighted by Gasteiger charge is -2.14. The number of ether oxygens (including phenoxy) is 2. The van der Waals surface area contributed by atoms with Crippen molar-refractivity contribution in [1.29, 1.82) is 4.78 Å². The fourth-order valence-electron chi connectivity index (χ4n) is 2.75. The van der Waals surface area contributed by atoms with Gasteiger partial charge in [-0.05, 0) is 43.3 Å². The van der Waals surface area contributed by atoms with Crippen LogP contribution in [0.4, 0.5) is 17.5 Å². The lowest BCUT2D eigenvalue weighted by Crippen LogP contribution is -2.21. The Bertz CT molecular complexity index is 1220. The molecule has 0 amide bonds. The molecule has 0 saturated heterocycles. The fraction of sp³-hybridized carbons (Fsp3) is 0.217. The van der Waals surface area contributed by atoms with E-state index in [1.54, 1.807) is 62.9 Å². The van der Waals surface area contributed by atoms with Gasteiger partial charge in [-0.15, -0.1) is 0 Å². The highest BCUT2D eigenvalue weighted by atomic mass is 32.2. The second kappa shape index (κ2) is 11.2. The zero-order chi connectivity index (χ0) is 23.8. The molecule has 0 aliphatic heterocycles. The predicted octanol–water partition coefficient (Wildman–Crippen LogP) is 3.03. The molecule has 3 aromatic rings. The number of anilines is 3. The van der Waals surface area contributed by atoms with Crippen LogP contribution in [0.3, 0.4) is 0 Å². The van der Waals surface area contributed by atoms with E-state index < -0.39 is 10.6 Å². The van der Waals surface area contributed by atoms with Gasteiger partial charge in [-0.25, -0.2) is 9.19 Å². The summed E-state index contributed by atoms with van der Waals surface area (Å²) in [6.07, 6.45) is 1.58. The molecule has 1 heterocycles. The third-order valence-electron chi connectivity index (χ3n) is 4.50. The normalized spacial score (nSPS) is 12.1. The monoisotopic (exact) mass is 467 g/mol. The number of hydrogen-bond donors (Lipinski definition) is 5. The number of nitrogens with zero attached hydrogens (tertiary/aromatic N) is 2. The molecule has 3 rings (SSSR count). The minimum absolute atomic E-state index is 0.0838. The van der Waals surface area contributed by atoms with Gasteiger partial charge in [-0.3, -0.25) is 4.78 Å². The molecule has 2 atom stereocenters. The Kier molecular flexibility index (Phi) is 8.07. The van der Waals surface area contributed by atoms with E-state index in [1.807, 2.05) is 6.92 Å². The first-order valence-corrected chi connectivity index (χ1v) is 11.2. The minimum Gasteiger partial charge on any atom is -0.497 e. The number of rotatable bonds is 8. The van der Waals surface area contributed by atoms with E-state index in [0.717, 1.165) is 0 Å². The first-order valence-electron chi connectivity index (χ1n) is 9.97. The van der Waals surface area contributed by atoms with Crippen LogP contribution in [0, 0.1) is 16.6 Å². The molecular weight excluding hydrogens is 442 g/mol. The molecule has 4 N–H and O–H groups in total. The van der Waals surface area contributed by atoms with E-state index in [2.05, 4.69) is 32.4 Å². The van der Waals surface area contributed by atoms with Gasteiger partial charge in [-0.2, -0.15) is 4.98 Å². The number of aliphatic hydroxyl groups is 1. The Morgan fingerprint density at radius 2 is 1.79 bits per heavy atom. The molecule has 0 spiro atoms. The number of nitrogens with one attached hydrogen (secondary N) is 3. The molecule has 0 fully saturated rings. The number of hydrogen-bond acceptors (Lipinski definition) is 9. The highest BCUT2D eigenvalue weighted by molar-refractivity contribution is 7.73. The van der Waals surface area contributed by atoms with Crippen molar-refractivity contribution in [2.75, 3.05) is 31.5 Å². The largest absolute Gasteiger partial charge is 0.497 e. The van der Waals surface area contributed by atoms with Crippen molar-refractivity contribution < 1.29 is 18.8 Å². The summed E-state index contributed by atoms with van der Waals surface area (Å²) < 4.78 is 29.2. The number of benzene rings is 2. The first kappa shape index (κ1) is 23.8. The summed E-state index contributed by atoms with van der Waals surface area (Å²) in [4.78, 5) is 9.28. The van der Waals surface area contributed by atoms with Crippen molar-refractivity contribution in [2.45, 2.75) is 17.9 Å². The molecule has 2 aromatic carbocycles. The van der Waals surface area contributed by atoms with Crippen LogP contribution in [0.5, 0.6) is 11.5 Å². The quantitative estimate of drug-likeness (QED) is 0.253. The second-order valence-corrected chi connectivity index (χ2v) is 8.11. The van der Waals surface area contributed by atoms with Gasteiger partial charge in [0.1, 0.15) is 17.3 Å². The van der Waals surface area contributed by atoms with E-state index in [1.165, 1.54) is 0 Å². The molecule has 0 radical (unpaired) electrons. The van der Waals surface area contributed by atoms with Crippen molar-refractivity contribution in [3.8, 4) is 23.3 Å². The van der Waals surface area contributed by atoms with Gasteiger partial charge < -0.3 is 25.2 Å². The third kappa shape index (κ3) is 6.58. The smallest absolute Gasteiger partial charge is 0.229 e. The summed E-state index contributed by atoms with van der Waals surface area (Å²) in [6.45, 7) is 1.74. The summed E-state index contributed by atoms with van der Waals surface area (Å²) >= 11 is 0. The first-order chi connectivity index (χ1) is 15.9. The molecule has 0 saturated carbocycles. The van der Waals surface area contributed by atoms with Crippen LogP contribution < -0.4 is 20.1 Å². The maximum absolute atomic E-state index is 11.3. The number of methoxy groups -OCH3 is 2. The topological polar surface area (TPSA) is 129 Å². The van der Waals surface area contributed by atoms with E-state index in [-0.39, 0.29) is 12.6 Å². The maximum atomic E-state index is 11.3. The summed E-state index contributed by atoms with van der Waals surface area (Å²) in [5.41, 5.74) is 1.92. The van der Waals surface area contributed by atoms with E-state index in [9.17, 15) is 9.32 Å². The van der Waals surface area contributed by atoms with Gasteiger partial charge >= 0.3 is 0 Å². The Morgan fingerprint density at radius 1 is 1.12 bits per heavy atom. The van der Waals surface area contributed by atoms with Gasteiger partial charge in [0.25, 0.3) is 0 Å². The van der Waals surface area contributed by atoms with Crippen LogP contribution in [-0.2, 0) is 10.6 Å². The molecular formula is C23H25N5O4S. The summed E-state index contributed by atoms with van der Waals surface area (Å²) in [6, 6.07) is 11.7.